The third kappa shape index (κ3) is 2.46. The maximum absolute atomic E-state index is 12.5. The summed E-state index contributed by atoms with van der Waals surface area (Å²) in [7, 11) is 1.76. The number of rotatable bonds is 2. The SMILES string of the molecule is CN=C(C)Cc1ccc(F)cc1. The summed E-state index contributed by atoms with van der Waals surface area (Å²) in [6.45, 7) is 1.96. The number of nitrogens with zero attached hydrogens (tertiary/aromatic N) is 1. The molecule has 1 rings (SSSR count). The quantitative estimate of drug-likeness (QED) is 0.597. The van der Waals surface area contributed by atoms with E-state index >= 15 is 0 Å². The molecular formula is C10H12FN. The fourth-order valence-corrected chi connectivity index (χ4v) is 0.977. The number of halogens is 1. The van der Waals surface area contributed by atoms with Crippen LogP contribution in [-0.4, -0.2) is 12.8 Å². The minimum atomic E-state index is -0.190. The lowest BCUT2D eigenvalue weighted by Crippen LogP contribution is -1.96. The van der Waals surface area contributed by atoms with Gasteiger partial charge in [-0.1, -0.05) is 12.1 Å². The molecule has 0 radical (unpaired) electrons. The lowest BCUT2D eigenvalue weighted by Gasteiger charge is -1.99. The summed E-state index contributed by atoms with van der Waals surface area (Å²) in [4.78, 5) is 4.03. The molecular weight excluding hydrogens is 153 g/mol. The summed E-state index contributed by atoms with van der Waals surface area (Å²) in [6.07, 6.45) is 0.802. The number of hydrogen-bond donors (Lipinski definition) is 0. The van der Waals surface area contributed by atoms with Crippen molar-refractivity contribution in [3.8, 4) is 0 Å². The second kappa shape index (κ2) is 4.00. The van der Waals surface area contributed by atoms with Gasteiger partial charge in [0, 0.05) is 19.2 Å². The largest absolute Gasteiger partial charge is 0.297 e. The first-order chi connectivity index (χ1) is 5.72. The highest BCUT2D eigenvalue weighted by molar-refractivity contribution is 5.83. The van der Waals surface area contributed by atoms with Crippen molar-refractivity contribution in [3.63, 3.8) is 0 Å². The monoisotopic (exact) mass is 165 g/mol. The highest BCUT2D eigenvalue weighted by Crippen LogP contribution is 2.03. The van der Waals surface area contributed by atoms with Gasteiger partial charge in [0.15, 0.2) is 0 Å². The zero-order valence-electron chi connectivity index (χ0n) is 7.34. The van der Waals surface area contributed by atoms with Crippen LogP contribution in [0.2, 0.25) is 0 Å². The molecule has 0 aliphatic rings. The third-order valence-corrected chi connectivity index (χ3v) is 1.75. The smallest absolute Gasteiger partial charge is 0.123 e. The molecule has 0 fully saturated rings. The summed E-state index contributed by atoms with van der Waals surface area (Å²) in [6, 6.07) is 6.50. The van der Waals surface area contributed by atoms with Gasteiger partial charge in [0.1, 0.15) is 5.82 Å². The van der Waals surface area contributed by atoms with Crippen molar-refractivity contribution in [1.29, 1.82) is 0 Å². The molecule has 0 amide bonds. The van der Waals surface area contributed by atoms with Crippen LogP contribution in [0.3, 0.4) is 0 Å². The highest BCUT2D eigenvalue weighted by atomic mass is 19.1. The van der Waals surface area contributed by atoms with Gasteiger partial charge in [0.2, 0.25) is 0 Å². The zero-order chi connectivity index (χ0) is 8.97. The topological polar surface area (TPSA) is 12.4 Å². The van der Waals surface area contributed by atoms with Crippen molar-refractivity contribution in [1.82, 2.24) is 0 Å². The summed E-state index contributed by atoms with van der Waals surface area (Å²) in [5.41, 5.74) is 2.15. The Hall–Kier alpha value is -1.18. The molecule has 64 valence electrons. The van der Waals surface area contributed by atoms with E-state index in [0.717, 1.165) is 17.7 Å². The molecule has 1 aromatic carbocycles. The van der Waals surface area contributed by atoms with Crippen molar-refractivity contribution in [2.24, 2.45) is 4.99 Å². The molecule has 0 N–H and O–H groups in total. The standard InChI is InChI=1S/C10H12FN/c1-8(12-2)7-9-3-5-10(11)6-4-9/h3-6H,7H2,1-2H3. The van der Waals surface area contributed by atoms with Gasteiger partial charge >= 0.3 is 0 Å². The van der Waals surface area contributed by atoms with Crippen molar-refractivity contribution in [2.45, 2.75) is 13.3 Å². The second-order valence-electron chi connectivity index (χ2n) is 2.76. The first-order valence-corrected chi connectivity index (χ1v) is 3.89. The molecule has 0 aliphatic carbocycles. The van der Waals surface area contributed by atoms with Gasteiger partial charge in [-0.2, -0.15) is 0 Å². The lowest BCUT2D eigenvalue weighted by atomic mass is 10.1. The van der Waals surface area contributed by atoms with Crippen molar-refractivity contribution in [3.05, 3.63) is 35.6 Å². The molecule has 0 unspecified atom stereocenters. The first kappa shape index (κ1) is 8.91. The van der Waals surface area contributed by atoms with Crippen LogP contribution < -0.4 is 0 Å². The van der Waals surface area contributed by atoms with Crippen LogP contribution in [0, 0.1) is 5.82 Å². The van der Waals surface area contributed by atoms with Crippen molar-refractivity contribution >= 4 is 5.71 Å². The van der Waals surface area contributed by atoms with Gasteiger partial charge in [0.25, 0.3) is 0 Å². The maximum Gasteiger partial charge on any atom is 0.123 e. The lowest BCUT2D eigenvalue weighted by molar-refractivity contribution is 0.627. The molecule has 0 heterocycles. The predicted molar refractivity (Wildman–Crippen MR) is 49.1 cm³/mol. The van der Waals surface area contributed by atoms with E-state index in [1.54, 1.807) is 19.2 Å². The van der Waals surface area contributed by atoms with E-state index in [-0.39, 0.29) is 5.82 Å². The van der Waals surface area contributed by atoms with E-state index in [0.29, 0.717) is 0 Å². The molecule has 1 nitrogen and oxygen atoms in total. The van der Waals surface area contributed by atoms with Crippen molar-refractivity contribution < 1.29 is 4.39 Å². The normalized spacial score (nSPS) is 11.8. The predicted octanol–water partition coefficient (Wildman–Crippen LogP) is 2.46. The molecule has 0 atom stereocenters. The molecule has 0 saturated heterocycles. The van der Waals surface area contributed by atoms with Crippen LogP contribution in [0.25, 0.3) is 0 Å². The van der Waals surface area contributed by atoms with E-state index in [1.807, 2.05) is 6.92 Å². The molecule has 1 aromatic rings. The van der Waals surface area contributed by atoms with Crippen molar-refractivity contribution in [2.75, 3.05) is 7.05 Å². The Labute approximate surface area is 72.0 Å². The zero-order valence-corrected chi connectivity index (χ0v) is 7.34. The summed E-state index contributed by atoms with van der Waals surface area (Å²) in [5.74, 6) is -0.190. The van der Waals surface area contributed by atoms with Crippen LogP contribution in [0.5, 0.6) is 0 Å². The Morgan fingerprint density at radius 2 is 1.92 bits per heavy atom. The van der Waals surface area contributed by atoms with Gasteiger partial charge in [-0.3, -0.25) is 4.99 Å². The van der Waals surface area contributed by atoms with Crippen LogP contribution >= 0.6 is 0 Å². The second-order valence-corrected chi connectivity index (χ2v) is 2.76. The Morgan fingerprint density at radius 1 is 1.33 bits per heavy atom. The van der Waals surface area contributed by atoms with E-state index in [9.17, 15) is 4.39 Å². The van der Waals surface area contributed by atoms with Crippen LogP contribution in [0.15, 0.2) is 29.3 Å². The number of benzene rings is 1. The fourth-order valence-electron chi connectivity index (χ4n) is 0.977. The van der Waals surface area contributed by atoms with Crippen LogP contribution in [-0.2, 0) is 6.42 Å². The van der Waals surface area contributed by atoms with Crippen LogP contribution in [0.4, 0.5) is 4.39 Å². The molecule has 0 aromatic heterocycles. The molecule has 0 saturated carbocycles. The molecule has 2 heteroatoms. The van der Waals surface area contributed by atoms with E-state index in [4.69, 9.17) is 0 Å². The Kier molecular flexibility index (Phi) is 2.97. The van der Waals surface area contributed by atoms with E-state index in [1.165, 1.54) is 12.1 Å². The number of hydrogen-bond acceptors (Lipinski definition) is 1. The molecule has 0 spiro atoms. The van der Waals surface area contributed by atoms with E-state index in [2.05, 4.69) is 4.99 Å². The Bertz CT molecular complexity index is 274. The Balaban J connectivity index is 2.71. The molecule has 0 aliphatic heterocycles. The van der Waals surface area contributed by atoms with Gasteiger partial charge in [-0.25, -0.2) is 4.39 Å². The minimum Gasteiger partial charge on any atom is -0.297 e. The summed E-state index contributed by atoms with van der Waals surface area (Å²) in [5, 5.41) is 0. The highest BCUT2D eigenvalue weighted by Gasteiger charge is 1.95. The Morgan fingerprint density at radius 3 is 2.42 bits per heavy atom. The number of aliphatic imine (C=N–C) groups is 1. The molecule has 0 bridgehead atoms. The van der Waals surface area contributed by atoms with Crippen LogP contribution in [0.1, 0.15) is 12.5 Å². The summed E-state index contributed by atoms with van der Waals surface area (Å²) < 4.78 is 12.5. The fraction of sp³-hybridized carbons (Fsp3) is 0.300. The average Bonchev–Trinajstić information content (AvgIpc) is 2.09. The average molecular weight is 165 g/mol. The first-order valence-electron chi connectivity index (χ1n) is 3.89. The summed E-state index contributed by atoms with van der Waals surface area (Å²) >= 11 is 0. The van der Waals surface area contributed by atoms with Gasteiger partial charge in [-0.05, 0) is 24.6 Å². The molecule has 12 heavy (non-hydrogen) atoms. The third-order valence-electron chi connectivity index (χ3n) is 1.75. The van der Waals surface area contributed by atoms with Gasteiger partial charge < -0.3 is 0 Å². The maximum atomic E-state index is 12.5. The van der Waals surface area contributed by atoms with Gasteiger partial charge in [0.05, 0.1) is 0 Å². The van der Waals surface area contributed by atoms with E-state index < -0.39 is 0 Å². The minimum absolute atomic E-state index is 0.190. The van der Waals surface area contributed by atoms with Gasteiger partial charge in [-0.15, -0.1) is 0 Å².